The Morgan fingerprint density at radius 2 is 2.21 bits per heavy atom. The van der Waals surface area contributed by atoms with E-state index in [1.807, 2.05) is 24.8 Å². The van der Waals surface area contributed by atoms with Crippen LogP contribution >= 0.6 is 11.3 Å². The van der Waals surface area contributed by atoms with Crippen molar-refractivity contribution in [3.05, 3.63) is 21.9 Å². The van der Waals surface area contributed by atoms with Gasteiger partial charge in [-0.15, -0.1) is 23.2 Å². The lowest BCUT2D eigenvalue weighted by atomic mass is 9.95. The minimum Gasteiger partial charge on any atom is -0.465 e. The second-order valence-electron chi connectivity index (χ2n) is 7.67. The number of aryl methyl sites for hydroxylation is 1. The fraction of sp³-hybridized carbons (Fsp3) is 0.652. The van der Waals surface area contributed by atoms with Crippen LogP contribution in [0, 0.1) is 17.8 Å². The van der Waals surface area contributed by atoms with Crippen LogP contribution in [0.3, 0.4) is 0 Å². The molecule has 1 aromatic rings. The largest absolute Gasteiger partial charge is 0.465 e. The Hall–Kier alpha value is -1.84. The molecule has 0 spiro atoms. The molecule has 2 rings (SSSR count). The van der Waals surface area contributed by atoms with E-state index in [-0.39, 0.29) is 29.9 Å². The molecule has 1 fully saturated rings. The maximum Gasteiger partial charge on any atom is 0.348 e. The Morgan fingerprint density at radius 3 is 2.93 bits per heavy atom. The third kappa shape index (κ3) is 7.17. The highest BCUT2D eigenvalue weighted by atomic mass is 32.1. The number of methoxy groups -OCH3 is 1. The van der Waals surface area contributed by atoms with Crippen LogP contribution in [0.4, 0.5) is 0 Å². The number of esters is 1. The van der Waals surface area contributed by atoms with E-state index in [0.29, 0.717) is 17.7 Å². The van der Waals surface area contributed by atoms with Gasteiger partial charge in [-0.2, -0.15) is 0 Å². The first-order chi connectivity index (χ1) is 14.0. The second-order valence-corrected chi connectivity index (χ2v) is 8.84. The van der Waals surface area contributed by atoms with Gasteiger partial charge in [-0.3, -0.25) is 4.79 Å². The summed E-state index contributed by atoms with van der Waals surface area (Å²) >= 11 is 1.45. The Balaban J connectivity index is 1.78. The summed E-state index contributed by atoms with van der Waals surface area (Å²) in [6.45, 7) is 4.79. The van der Waals surface area contributed by atoms with E-state index < -0.39 is 0 Å². The summed E-state index contributed by atoms with van der Waals surface area (Å²) in [4.78, 5) is 27.6. The SMILES string of the molecule is CCC#CCC(C)C(O)CC[C@H]1CCC(=O)N1CCCc1ccc(C(=O)OC)s1. The minimum atomic E-state index is -0.374. The van der Waals surface area contributed by atoms with Gasteiger partial charge in [0.05, 0.1) is 13.2 Å². The summed E-state index contributed by atoms with van der Waals surface area (Å²) in [6, 6.07) is 3.97. The highest BCUT2D eigenvalue weighted by molar-refractivity contribution is 7.13. The van der Waals surface area contributed by atoms with E-state index in [1.54, 1.807) is 6.07 Å². The number of likely N-dealkylation sites (tertiary alicyclic amines) is 1. The molecule has 0 aromatic carbocycles. The van der Waals surface area contributed by atoms with Crippen molar-refractivity contribution in [2.24, 2.45) is 5.92 Å². The number of thiophene rings is 1. The molecule has 2 unspecified atom stereocenters. The van der Waals surface area contributed by atoms with E-state index in [9.17, 15) is 14.7 Å². The number of carbonyl (C=O) groups excluding carboxylic acids is 2. The van der Waals surface area contributed by atoms with Crippen molar-refractivity contribution in [2.75, 3.05) is 13.7 Å². The molecule has 0 saturated carbocycles. The highest BCUT2D eigenvalue weighted by Gasteiger charge is 2.31. The molecule has 6 heteroatoms. The zero-order valence-corrected chi connectivity index (χ0v) is 18.6. The molecular weight excluding hydrogens is 386 g/mol. The standard InChI is InChI=1S/C23H33NO4S/c1-4-5-6-8-17(2)20(25)13-10-18-11-15-22(26)24(18)16-7-9-19-12-14-21(29-19)23(27)28-3/h12,14,17-18,20,25H,4,7-11,13,15-16H2,1-3H3/t17?,18-,20?/m0/s1. The third-order valence-corrected chi connectivity index (χ3v) is 6.63. The van der Waals surface area contributed by atoms with Crippen molar-refractivity contribution in [1.82, 2.24) is 4.90 Å². The van der Waals surface area contributed by atoms with E-state index in [1.165, 1.54) is 18.4 Å². The number of rotatable bonds is 10. The summed E-state index contributed by atoms with van der Waals surface area (Å²) in [6.07, 6.45) is 5.92. The highest BCUT2D eigenvalue weighted by Crippen LogP contribution is 2.26. The predicted molar refractivity (Wildman–Crippen MR) is 116 cm³/mol. The van der Waals surface area contributed by atoms with E-state index in [4.69, 9.17) is 4.74 Å². The zero-order chi connectivity index (χ0) is 21.2. The van der Waals surface area contributed by atoms with Gasteiger partial charge in [0.1, 0.15) is 4.88 Å². The number of amides is 1. The van der Waals surface area contributed by atoms with Crippen molar-refractivity contribution in [3.63, 3.8) is 0 Å². The summed E-state index contributed by atoms with van der Waals surface area (Å²) in [7, 11) is 1.39. The zero-order valence-electron chi connectivity index (χ0n) is 17.8. The Bertz CT molecular complexity index is 733. The van der Waals surface area contributed by atoms with Gasteiger partial charge < -0.3 is 14.7 Å². The Kier molecular flexibility index (Phi) is 9.69. The van der Waals surface area contributed by atoms with Gasteiger partial charge in [0.25, 0.3) is 0 Å². The number of carbonyl (C=O) groups is 2. The number of aliphatic hydroxyl groups excluding tert-OH is 1. The van der Waals surface area contributed by atoms with Crippen LogP contribution < -0.4 is 0 Å². The third-order valence-electron chi connectivity index (χ3n) is 5.50. The van der Waals surface area contributed by atoms with Crippen molar-refractivity contribution < 1.29 is 19.4 Å². The molecule has 5 nitrogen and oxygen atoms in total. The van der Waals surface area contributed by atoms with Crippen molar-refractivity contribution >= 4 is 23.2 Å². The number of hydrogen-bond donors (Lipinski definition) is 1. The quantitative estimate of drug-likeness (QED) is 0.459. The molecule has 1 amide bonds. The molecular formula is C23H33NO4S. The minimum absolute atomic E-state index is 0.155. The average Bonchev–Trinajstić information content (AvgIpc) is 3.33. The lowest BCUT2D eigenvalue weighted by Crippen LogP contribution is -2.35. The molecule has 3 atom stereocenters. The van der Waals surface area contributed by atoms with Gasteiger partial charge >= 0.3 is 5.97 Å². The fourth-order valence-corrected chi connectivity index (χ4v) is 4.66. The molecule has 1 aromatic heterocycles. The number of hydrogen-bond acceptors (Lipinski definition) is 5. The molecule has 0 bridgehead atoms. The van der Waals surface area contributed by atoms with Crippen LogP contribution in [0.2, 0.25) is 0 Å². The Morgan fingerprint density at radius 1 is 1.41 bits per heavy atom. The van der Waals surface area contributed by atoms with Crippen LogP contribution in [0.1, 0.15) is 73.3 Å². The van der Waals surface area contributed by atoms with Gasteiger partial charge in [0.2, 0.25) is 5.91 Å². The normalized spacial score (nSPS) is 18.3. The van der Waals surface area contributed by atoms with E-state index in [0.717, 1.165) is 49.9 Å². The first-order valence-corrected chi connectivity index (χ1v) is 11.4. The second kappa shape index (κ2) is 12.0. The summed E-state index contributed by atoms with van der Waals surface area (Å²) < 4.78 is 4.74. The lowest BCUT2D eigenvalue weighted by molar-refractivity contribution is -0.129. The molecule has 160 valence electrons. The number of ether oxygens (including phenoxy) is 1. The number of aliphatic hydroxyl groups is 1. The van der Waals surface area contributed by atoms with Crippen LogP contribution in [0.25, 0.3) is 0 Å². The molecule has 2 heterocycles. The smallest absolute Gasteiger partial charge is 0.348 e. The Labute approximate surface area is 178 Å². The summed E-state index contributed by atoms with van der Waals surface area (Å²) in [5.74, 6) is 6.23. The monoisotopic (exact) mass is 419 g/mol. The van der Waals surface area contributed by atoms with Gasteiger partial charge in [-0.25, -0.2) is 4.79 Å². The van der Waals surface area contributed by atoms with Crippen molar-refractivity contribution in [3.8, 4) is 11.8 Å². The van der Waals surface area contributed by atoms with Crippen molar-refractivity contribution in [1.29, 1.82) is 0 Å². The van der Waals surface area contributed by atoms with Gasteiger partial charge in [0, 0.05) is 36.7 Å². The predicted octanol–water partition coefficient (Wildman–Crippen LogP) is 4.04. The summed E-state index contributed by atoms with van der Waals surface area (Å²) in [5, 5.41) is 10.4. The lowest BCUT2D eigenvalue weighted by Gasteiger charge is -2.26. The molecule has 1 aliphatic rings. The molecule has 1 aliphatic heterocycles. The maximum atomic E-state index is 12.3. The molecule has 0 radical (unpaired) electrons. The van der Waals surface area contributed by atoms with Crippen molar-refractivity contribution in [2.45, 2.75) is 77.4 Å². The molecule has 1 N–H and O–H groups in total. The van der Waals surface area contributed by atoms with Crippen LogP contribution in [-0.4, -0.2) is 47.7 Å². The van der Waals surface area contributed by atoms with Gasteiger partial charge in [-0.05, 0) is 50.2 Å². The van der Waals surface area contributed by atoms with E-state index >= 15 is 0 Å². The maximum absolute atomic E-state index is 12.3. The first kappa shape index (κ1) is 23.4. The molecule has 0 aliphatic carbocycles. The topological polar surface area (TPSA) is 66.8 Å². The van der Waals surface area contributed by atoms with Gasteiger partial charge in [0.15, 0.2) is 0 Å². The van der Waals surface area contributed by atoms with Gasteiger partial charge in [-0.1, -0.05) is 13.8 Å². The van der Waals surface area contributed by atoms with Crippen LogP contribution in [0.5, 0.6) is 0 Å². The fourth-order valence-electron chi connectivity index (χ4n) is 3.69. The molecule has 29 heavy (non-hydrogen) atoms. The molecule has 1 saturated heterocycles. The average molecular weight is 420 g/mol. The first-order valence-electron chi connectivity index (χ1n) is 10.6. The summed E-state index contributed by atoms with van der Waals surface area (Å²) in [5.41, 5.74) is 0. The number of nitrogens with zero attached hydrogens (tertiary/aromatic N) is 1. The van der Waals surface area contributed by atoms with E-state index in [2.05, 4.69) is 11.8 Å². The van der Waals surface area contributed by atoms with Crippen LogP contribution in [-0.2, 0) is 16.0 Å². The van der Waals surface area contributed by atoms with Crippen LogP contribution in [0.15, 0.2) is 12.1 Å².